The summed E-state index contributed by atoms with van der Waals surface area (Å²) in [5.74, 6) is 6.12. The number of fused-ring (bicyclic) bond motifs is 4. The molecule has 316 valence electrons. The van der Waals surface area contributed by atoms with Crippen molar-refractivity contribution in [3.8, 4) is 11.8 Å². The molecular weight excluding hydrogens is 796 g/mol. The average Bonchev–Trinajstić information content (AvgIpc) is 4.06. The number of ether oxygens (including phenoxy) is 2. The largest absolute Gasteiger partial charge is 0.374 e. The van der Waals surface area contributed by atoms with Crippen molar-refractivity contribution in [2.75, 3.05) is 61.1 Å². The number of hydrogen-bond donors (Lipinski definition) is 2. The van der Waals surface area contributed by atoms with Crippen molar-refractivity contribution in [1.82, 2.24) is 39.6 Å². The average molecular weight is 838 g/mol. The summed E-state index contributed by atoms with van der Waals surface area (Å²) in [5, 5.41) is 14.9. The number of amides is 4. The molecule has 10 rings (SSSR count). The minimum Gasteiger partial charge on any atom is -0.374 e. The van der Waals surface area contributed by atoms with Gasteiger partial charge in [0.25, 0.3) is 12.3 Å². The number of anilines is 3. The fraction of sp³-hybridized carbons (Fsp3) is 0.452. The van der Waals surface area contributed by atoms with E-state index in [9.17, 15) is 23.2 Å². The van der Waals surface area contributed by atoms with Gasteiger partial charge in [0.05, 0.1) is 54.7 Å². The van der Waals surface area contributed by atoms with Gasteiger partial charge in [0, 0.05) is 74.1 Å². The van der Waals surface area contributed by atoms with Crippen LogP contribution in [0.1, 0.15) is 66.2 Å². The van der Waals surface area contributed by atoms with Crippen molar-refractivity contribution in [2.24, 2.45) is 5.92 Å². The van der Waals surface area contributed by atoms with Crippen LogP contribution in [0.5, 0.6) is 0 Å². The lowest BCUT2D eigenvalue weighted by Gasteiger charge is -2.41. The lowest BCUT2D eigenvalue weighted by Crippen LogP contribution is -2.49. The van der Waals surface area contributed by atoms with Crippen LogP contribution in [0, 0.1) is 17.8 Å². The molecule has 4 saturated heterocycles. The van der Waals surface area contributed by atoms with E-state index in [0.717, 1.165) is 23.7 Å². The quantitative estimate of drug-likeness (QED) is 0.190. The zero-order chi connectivity index (χ0) is 41.8. The molecule has 4 amide bonds. The maximum atomic E-state index is 15.4. The SMILES string of the molecule is O=C1CCN(c2cncc3c(C#CCO[C@@H]4CCN(C[C@H]5C[C@H](n6cc(NC(=O)c7cnn8ccc(N9C[C@H]%10C[C@@H]9CO%10)nc78)c(C(F)F)n6)C5)C[C@@H]4F)cccc23)C(=O)N1. The van der Waals surface area contributed by atoms with E-state index in [0.29, 0.717) is 61.7 Å². The van der Waals surface area contributed by atoms with Gasteiger partial charge in [-0.3, -0.25) is 34.4 Å². The van der Waals surface area contributed by atoms with E-state index < -0.39 is 36.3 Å². The summed E-state index contributed by atoms with van der Waals surface area (Å²) in [7, 11) is 0. The predicted molar refractivity (Wildman–Crippen MR) is 215 cm³/mol. The number of imide groups is 1. The normalized spacial score (nSPS) is 25.2. The number of rotatable bonds is 10. The third kappa shape index (κ3) is 7.63. The van der Waals surface area contributed by atoms with E-state index >= 15 is 4.39 Å². The molecule has 0 unspecified atom stereocenters. The van der Waals surface area contributed by atoms with E-state index in [2.05, 4.69) is 47.5 Å². The maximum absolute atomic E-state index is 15.4. The first-order chi connectivity index (χ1) is 29.6. The predicted octanol–water partition coefficient (Wildman–Crippen LogP) is 4.52. The van der Waals surface area contributed by atoms with Crippen molar-refractivity contribution in [3.63, 3.8) is 0 Å². The Labute approximate surface area is 347 Å². The Kier molecular flexibility index (Phi) is 10.3. The molecule has 8 heterocycles. The van der Waals surface area contributed by atoms with E-state index in [1.807, 2.05) is 24.3 Å². The number of benzene rings is 1. The van der Waals surface area contributed by atoms with Crippen molar-refractivity contribution >= 4 is 51.5 Å². The standard InChI is InChI=1S/C42H42F3N11O5/c43-32-21-52(9-6-35(32)60-12-2-4-25-3-1-5-29-30(25)16-46-18-34(29)53-10-8-37(57)50-42(53)59)19-24-13-26(14-24)56-22-33(38(51-56)39(44)45)48-41(58)31-17-47-55-11-7-36(49-40(31)55)54-20-28-15-27(54)23-61-28/h1,3,5,7,11,16-18,22,24,26-28,32,35,39H,6,8-10,12-15,19-21,23H2,(H,48,58)(H,50,57,59)/t24-,26-,27-,28-,32+,35-/m1/s1. The molecule has 5 aliphatic rings. The minimum absolute atomic E-state index is 0.0368. The summed E-state index contributed by atoms with van der Waals surface area (Å²) in [5.41, 5.74) is 1.18. The highest BCUT2D eigenvalue weighted by molar-refractivity contribution is 6.10. The molecule has 5 fully saturated rings. The van der Waals surface area contributed by atoms with Crippen LogP contribution >= 0.6 is 0 Å². The number of halogens is 3. The Morgan fingerprint density at radius 1 is 1.07 bits per heavy atom. The van der Waals surface area contributed by atoms with Crippen LogP contribution in [0.3, 0.4) is 0 Å². The van der Waals surface area contributed by atoms with Crippen LogP contribution < -0.4 is 20.4 Å². The Morgan fingerprint density at radius 3 is 2.74 bits per heavy atom. The number of pyridine rings is 1. The topological polar surface area (TPSA) is 164 Å². The number of alkyl halides is 3. The lowest BCUT2D eigenvalue weighted by molar-refractivity contribution is -0.120. The molecule has 19 heteroatoms. The molecule has 4 aromatic heterocycles. The summed E-state index contributed by atoms with van der Waals surface area (Å²) in [6.07, 6.45) is 6.28. The number of carbonyl (C=O) groups excluding carboxylic acids is 3. The molecule has 0 radical (unpaired) electrons. The van der Waals surface area contributed by atoms with E-state index in [4.69, 9.17) is 14.5 Å². The van der Waals surface area contributed by atoms with Gasteiger partial charge in [0.1, 0.15) is 24.2 Å². The molecule has 4 aliphatic heterocycles. The van der Waals surface area contributed by atoms with Crippen molar-refractivity contribution < 1.29 is 37.0 Å². The second-order valence-electron chi connectivity index (χ2n) is 16.3. The van der Waals surface area contributed by atoms with Crippen LogP contribution in [0.15, 0.2) is 55.2 Å². The van der Waals surface area contributed by atoms with Gasteiger partial charge in [0.2, 0.25) is 5.91 Å². The first-order valence-corrected chi connectivity index (χ1v) is 20.5. The third-order valence-electron chi connectivity index (χ3n) is 12.4. The second-order valence-corrected chi connectivity index (χ2v) is 16.3. The first kappa shape index (κ1) is 39.1. The van der Waals surface area contributed by atoms with E-state index in [1.54, 1.807) is 18.6 Å². The summed E-state index contributed by atoms with van der Waals surface area (Å²) in [6.45, 7) is 3.16. The Hall–Kier alpha value is -6.10. The first-order valence-electron chi connectivity index (χ1n) is 20.5. The fourth-order valence-electron chi connectivity index (χ4n) is 9.21. The molecule has 16 nitrogen and oxygen atoms in total. The molecule has 0 spiro atoms. The van der Waals surface area contributed by atoms with E-state index in [1.165, 1.54) is 26.5 Å². The van der Waals surface area contributed by atoms with E-state index in [-0.39, 0.29) is 67.4 Å². The number of carbonyl (C=O) groups is 3. The Bertz CT molecular complexity index is 2590. The van der Waals surface area contributed by atoms with Gasteiger partial charge < -0.3 is 19.7 Å². The summed E-state index contributed by atoms with van der Waals surface area (Å²) in [4.78, 5) is 52.3. The van der Waals surface area contributed by atoms with Crippen LogP contribution in [0.4, 0.5) is 35.2 Å². The molecular formula is C42H42F3N11O5. The number of nitrogens with one attached hydrogen (secondary N) is 2. The van der Waals surface area contributed by atoms with Gasteiger partial charge >= 0.3 is 6.03 Å². The smallest absolute Gasteiger partial charge is 0.328 e. The molecule has 1 saturated carbocycles. The van der Waals surface area contributed by atoms with Gasteiger partial charge in [-0.25, -0.2) is 27.5 Å². The van der Waals surface area contributed by atoms with Gasteiger partial charge in [0.15, 0.2) is 11.3 Å². The number of aromatic nitrogens is 6. The zero-order valence-electron chi connectivity index (χ0n) is 32.9. The number of morpholine rings is 1. The molecule has 2 N–H and O–H groups in total. The zero-order valence-corrected chi connectivity index (χ0v) is 32.9. The summed E-state index contributed by atoms with van der Waals surface area (Å²) < 4.78 is 58.3. The molecule has 4 atom stereocenters. The maximum Gasteiger partial charge on any atom is 0.328 e. The third-order valence-corrected chi connectivity index (χ3v) is 12.4. The van der Waals surface area contributed by atoms with Gasteiger partial charge in [-0.2, -0.15) is 10.2 Å². The van der Waals surface area contributed by atoms with Gasteiger partial charge in [-0.05, 0) is 43.7 Å². The van der Waals surface area contributed by atoms with Crippen molar-refractivity contribution in [1.29, 1.82) is 0 Å². The van der Waals surface area contributed by atoms with Crippen LogP contribution in [0.2, 0.25) is 0 Å². The second kappa shape index (κ2) is 16.1. The molecule has 1 aromatic carbocycles. The Balaban J connectivity index is 0.711. The number of hydrogen-bond acceptors (Lipinski definition) is 11. The highest BCUT2D eigenvalue weighted by atomic mass is 19.3. The summed E-state index contributed by atoms with van der Waals surface area (Å²) >= 11 is 0. The Morgan fingerprint density at radius 2 is 1.95 bits per heavy atom. The van der Waals surface area contributed by atoms with Crippen molar-refractivity contribution in [3.05, 3.63) is 72.1 Å². The minimum atomic E-state index is -2.90. The monoisotopic (exact) mass is 837 g/mol. The number of nitrogens with zero attached hydrogens (tertiary/aromatic N) is 9. The van der Waals surface area contributed by atoms with Crippen LogP contribution in [0.25, 0.3) is 16.4 Å². The van der Waals surface area contributed by atoms with Gasteiger partial charge in [-0.15, -0.1) is 0 Å². The van der Waals surface area contributed by atoms with Crippen molar-refractivity contribution in [2.45, 2.75) is 69.0 Å². The number of piperidine rings is 1. The number of likely N-dealkylation sites (tertiary alicyclic amines) is 1. The van der Waals surface area contributed by atoms with Crippen LogP contribution in [-0.4, -0.2) is 122 Å². The molecule has 1 aliphatic carbocycles. The van der Waals surface area contributed by atoms with Gasteiger partial charge in [-0.1, -0.05) is 24.0 Å². The molecule has 61 heavy (non-hydrogen) atoms. The number of urea groups is 1. The lowest BCUT2D eigenvalue weighted by atomic mass is 9.79. The molecule has 5 aromatic rings. The summed E-state index contributed by atoms with van der Waals surface area (Å²) in [6, 6.07) is 6.99. The highest BCUT2D eigenvalue weighted by Crippen LogP contribution is 2.40. The highest BCUT2D eigenvalue weighted by Gasteiger charge is 2.40. The molecule has 2 bridgehead atoms. The fourth-order valence-corrected chi connectivity index (χ4v) is 9.21. The van der Waals surface area contributed by atoms with Crippen LogP contribution in [-0.2, 0) is 14.3 Å².